The van der Waals surface area contributed by atoms with Gasteiger partial charge in [0.1, 0.15) is 0 Å². The maximum Gasteiger partial charge on any atom is 0.416 e. The van der Waals surface area contributed by atoms with Gasteiger partial charge in [0.25, 0.3) is 0 Å². The zero-order valence-corrected chi connectivity index (χ0v) is 12.7. The lowest BCUT2D eigenvalue weighted by Gasteiger charge is -2.08. The second-order valence-corrected chi connectivity index (χ2v) is 4.54. The van der Waals surface area contributed by atoms with Crippen molar-refractivity contribution in [3.8, 4) is 0 Å². The summed E-state index contributed by atoms with van der Waals surface area (Å²) in [6.07, 6.45) is -2.62. The fraction of sp³-hybridized carbons (Fsp3) is 0.333. The topological polar surface area (TPSA) is 0 Å². The maximum atomic E-state index is 12.4. The normalized spacial score (nSPS) is 10.8. The molecule has 0 fully saturated rings. The maximum absolute atomic E-state index is 12.4. The van der Waals surface area contributed by atoms with E-state index in [1.54, 1.807) is 0 Å². The van der Waals surface area contributed by atoms with E-state index in [9.17, 15) is 13.2 Å². The van der Waals surface area contributed by atoms with Crippen LogP contribution >= 0.6 is 0 Å². The Morgan fingerprint density at radius 1 is 0.714 bits per heavy atom. The monoisotopic (exact) mass is 294 g/mol. The Bertz CT molecular complexity index is 522. The molecule has 0 N–H and O–H groups in total. The van der Waals surface area contributed by atoms with Gasteiger partial charge in [-0.3, -0.25) is 0 Å². The van der Waals surface area contributed by atoms with Gasteiger partial charge in [0.2, 0.25) is 0 Å². The minimum absolute atomic E-state index is 0.599. The first kappa shape index (κ1) is 17.3. The molecular weight excluding hydrogens is 273 g/mol. The van der Waals surface area contributed by atoms with Crippen molar-refractivity contribution in [1.29, 1.82) is 0 Å². The fourth-order valence-corrected chi connectivity index (χ4v) is 1.94. The SMILES string of the molecule is CC.CCc1ccc(Cc2ccc(C(F)(F)F)cc2)cc1. The van der Waals surface area contributed by atoms with Crippen LogP contribution in [0, 0.1) is 0 Å². The highest BCUT2D eigenvalue weighted by molar-refractivity contribution is 5.31. The van der Waals surface area contributed by atoms with Crippen molar-refractivity contribution in [2.75, 3.05) is 0 Å². The molecular formula is C18H21F3. The number of rotatable bonds is 3. The Balaban J connectivity index is 0.00000106. The first-order valence-corrected chi connectivity index (χ1v) is 7.23. The van der Waals surface area contributed by atoms with Crippen molar-refractivity contribution in [3.05, 3.63) is 70.8 Å². The van der Waals surface area contributed by atoms with Crippen LogP contribution in [0.3, 0.4) is 0 Å². The van der Waals surface area contributed by atoms with Gasteiger partial charge in [-0.1, -0.05) is 57.2 Å². The van der Waals surface area contributed by atoms with Crippen molar-refractivity contribution in [1.82, 2.24) is 0 Å². The van der Waals surface area contributed by atoms with Gasteiger partial charge in [-0.2, -0.15) is 13.2 Å². The second kappa shape index (κ2) is 7.87. The van der Waals surface area contributed by atoms with E-state index < -0.39 is 11.7 Å². The molecule has 0 nitrogen and oxygen atoms in total. The van der Waals surface area contributed by atoms with E-state index in [0.717, 1.165) is 29.7 Å². The summed E-state index contributed by atoms with van der Waals surface area (Å²) >= 11 is 0. The molecule has 0 aliphatic heterocycles. The first-order valence-electron chi connectivity index (χ1n) is 7.23. The smallest absolute Gasteiger partial charge is 0.166 e. The summed E-state index contributed by atoms with van der Waals surface area (Å²) in [5, 5.41) is 0. The summed E-state index contributed by atoms with van der Waals surface area (Å²) in [4.78, 5) is 0. The Morgan fingerprint density at radius 3 is 1.48 bits per heavy atom. The third-order valence-electron chi connectivity index (χ3n) is 3.12. The van der Waals surface area contributed by atoms with E-state index in [2.05, 4.69) is 19.1 Å². The van der Waals surface area contributed by atoms with Crippen LogP contribution in [-0.2, 0) is 19.0 Å². The van der Waals surface area contributed by atoms with E-state index >= 15 is 0 Å². The van der Waals surface area contributed by atoms with Crippen LogP contribution in [0.1, 0.15) is 43.0 Å². The van der Waals surface area contributed by atoms with Crippen LogP contribution in [-0.4, -0.2) is 0 Å². The molecule has 114 valence electrons. The lowest BCUT2D eigenvalue weighted by molar-refractivity contribution is -0.137. The molecule has 2 aromatic carbocycles. The average molecular weight is 294 g/mol. The summed E-state index contributed by atoms with van der Waals surface area (Å²) in [6, 6.07) is 13.5. The van der Waals surface area contributed by atoms with Crippen LogP contribution in [0.5, 0.6) is 0 Å². The van der Waals surface area contributed by atoms with E-state index in [-0.39, 0.29) is 0 Å². The Kier molecular flexibility index (Phi) is 6.47. The van der Waals surface area contributed by atoms with Gasteiger partial charge in [-0.05, 0) is 41.7 Å². The molecule has 0 radical (unpaired) electrons. The minimum Gasteiger partial charge on any atom is -0.166 e. The van der Waals surface area contributed by atoms with Crippen molar-refractivity contribution in [2.24, 2.45) is 0 Å². The predicted molar refractivity (Wildman–Crippen MR) is 81.4 cm³/mol. The highest BCUT2D eigenvalue weighted by atomic mass is 19.4. The fourth-order valence-electron chi connectivity index (χ4n) is 1.94. The third-order valence-corrected chi connectivity index (χ3v) is 3.12. The van der Waals surface area contributed by atoms with E-state index in [1.807, 2.05) is 26.0 Å². The predicted octanol–water partition coefficient (Wildman–Crippen LogP) is 5.88. The lowest BCUT2D eigenvalue weighted by Crippen LogP contribution is -2.04. The number of halogens is 3. The molecule has 0 heterocycles. The van der Waals surface area contributed by atoms with Gasteiger partial charge in [0.05, 0.1) is 5.56 Å². The van der Waals surface area contributed by atoms with Crippen LogP contribution in [0.15, 0.2) is 48.5 Å². The number of hydrogen-bond acceptors (Lipinski definition) is 0. The third kappa shape index (κ3) is 5.25. The summed E-state index contributed by atoms with van der Waals surface area (Å²) in [6.45, 7) is 6.09. The Labute approximate surface area is 124 Å². The molecule has 2 aromatic rings. The van der Waals surface area contributed by atoms with Crippen molar-refractivity contribution in [2.45, 2.75) is 39.8 Å². The molecule has 0 aliphatic carbocycles. The van der Waals surface area contributed by atoms with E-state index in [0.29, 0.717) is 6.42 Å². The zero-order chi connectivity index (χ0) is 15.9. The van der Waals surface area contributed by atoms with Gasteiger partial charge in [0.15, 0.2) is 0 Å². The molecule has 0 saturated carbocycles. The largest absolute Gasteiger partial charge is 0.416 e. The summed E-state index contributed by atoms with van der Waals surface area (Å²) in [5.74, 6) is 0. The van der Waals surface area contributed by atoms with Crippen LogP contribution in [0.25, 0.3) is 0 Å². The van der Waals surface area contributed by atoms with Crippen LogP contribution in [0.4, 0.5) is 13.2 Å². The number of hydrogen-bond donors (Lipinski definition) is 0. The highest BCUT2D eigenvalue weighted by Crippen LogP contribution is 2.29. The van der Waals surface area contributed by atoms with Crippen molar-refractivity contribution >= 4 is 0 Å². The van der Waals surface area contributed by atoms with Gasteiger partial charge >= 0.3 is 6.18 Å². The molecule has 3 heteroatoms. The van der Waals surface area contributed by atoms with E-state index in [4.69, 9.17) is 0 Å². The standard InChI is InChI=1S/C16H15F3.C2H6/c1-2-12-3-5-13(6-4-12)11-14-7-9-15(10-8-14)16(17,18)19;1-2/h3-10H,2,11H2,1H3;1-2H3. The zero-order valence-electron chi connectivity index (χ0n) is 12.7. The van der Waals surface area contributed by atoms with Crippen LogP contribution < -0.4 is 0 Å². The molecule has 0 spiro atoms. The summed E-state index contributed by atoms with van der Waals surface area (Å²) in [7, 11) is 0. The van der Waals surface area contributed by atoms with E-state index in [1.165, 1.54) is 17.7 Å². The van der Waals surface area contributed by atoms with Crippen molar-refractivity contribution < 1.29 is 13.2 Å². The second-order valence-electron chi connectivity index (χ2n) is 4.54. The minimum atomic E-state index is -4.26. The number of aryl methyl sites for hydroxylation is 1. The quantitative estimate of drug-likeness (QED) is 0.662. The molecule has 0 aromatic heterocycles. The Morgan fingerprint density at radius 2 is 1.10 bits per heavy atom. The molecule has 0 unspecified atom stereocenters. The lowest BCUT2D eigenvalue weighted by atomic mass is 10.0. The summed E-state index contributed by atoms with van der Waals surface area (Å²) in [5.41, 5.74) is 2.66. The number of benzene rings is 2. The molecule has 0 aliphatic rings. The van der Waals surface area contributed by atoms with Gasteiger partial charge < -0.3 is 0 Å². The molecule has 0 atom stereocenters. The van der Waals surface area contributed by atoms with Crippen molar-refractivity contribution in [3.63, 3.8) is 0 Å². The Hall–Kier alpha value is -1.77. The van der Waals surface area contributed by atoms with Gasteiger partial charge in [-0.15, -0.1) is 0 Å². The molecule has 0 amide bonds. The molecule has 0 bridgehead atoms. The average Bonchev–Trinajstić information content (AvgIpc) is 2.50. The molecule has 21 heavy (non-hydrogen) atoms. The first-order chi connectivity index (χ1) is 9.99. The molecule has 2 rings (SSSR count). The van der Waals surface area contributed by atoms with Gasteiger partial charge in [0, 0.05) is 0 Å². The van der Waals surface area contributed by atoms with Gasteiger partial charge in [-0.25, -0.2) is 0 Å². The summed E-state index contributed by atoms with van der Waals surface area (Å²) < 4.78 is 37.3. The number of alkyl halides is 3. The molecule has 0 saturated heterocycles. The highest BCUT2D eigenvalue weighted by Gasteiger charge is 2.29. The van der Waals surface area contributed by atoms with Crippen LogP contribution in [0.2, 0.25) is 0 Å².